The fourth-order valence-corrected chi connectivity index (χ4v) is 2.50. The van der Waals surface area contributed by atoms with Crippen LogP contribution in [0, 0.1) is 0 Å². The van der Waals surface area contributed by atoms with Crippen LogP contribution >= 0.6 is 0 Å². The van der Waals surface area contributed by atoms with Crippen molar-refractivity contribution in [2.75, 3.05) is 6.61 Å². The normalized spacial score (nSPS) is 17.0. The Bertz CT molecular complexity index is 649. The third-order valence-corrected chi connectivity index (χ3v) is 3.53. The van der Waals surface area contributed by atoms with Gasteiger partial charge < -0.3 is 15.0 Å². The van der Waals surface area contributed by atoms with Gasteiger partial charge in [0.2, 0.25) is 0 Å². The zero-order valence-electron chi connectivity index (χ0n) is 10.6. The number of nitrogens with two attached hydrogens (primary N) is 1. The third kappa shape index (κ3) is 2.15. The maximum absolute atomic E-state index is 12.1. The van der Waals surface area contributed by atoms with Crippen molar-refractivity contribution in [2.24, 2.45) is 5.73 Å². The van der Waals surface area contributed by atoms with Crippen molar-refractivity contribution in [3.8, 4) is 5.75 Å². The fraction of sp³-hybridized carbons (Fsp3) is 0.267. The molecule has 0 aliphatic carbocycles. The molecule has 19 heavy (non-hydrogen) atoms. The average molecular weight is 256 g/mol. The van der Waals surface area contributed by atoms with Crippen LogP contribution in [0.3, 0.4) is 0 Å². The summed E-state index contributed by atoms with van der Waals surface area (Å²) in [4.78, 5) is 12.1. The third-order valence-electron chi connectivity index (χ3n) is 3.53. The molecule has 1 unspecified atom stereocenters. The van der Waals surface area contributed by atoms with Gasteiger partial charge in [0.15, 0.2) is 0 Å². The Balaban J connectivity index is 1.90. The zero-order valence-corrected chi connectivity index (χ0v) is 10.6. The van der Waals surface area contributed by atoms with Crippen molar-refractivity contribution in [1.82, 2.24) is 4.57 Å². The highest BCUT2D eigenvalue weighted by Gasteiger charge is 2.24. The van der Waals surface area contributed by atoms with Crippen LogP contribution in [0.25, 0.3) is 0 Å². The Labute approximate surface area is 111 Å². The van der Waals surface area contributed by atoms with E-state index in [-0.39, 0.29) is 18.0 Å². The van der Waals surface area contributed by atoms with Gasteiger partial charge in [0, 0.05) is 36.3 Å². The van der Waals surface area contributed by atoms with E-state index in [1.165, 1.54) is 5.56 Å². The van der Waals surface area contributed by atoms with Crippen LogP contribution in [0.15, 0.2) is 47.4 Å². The Morgan fingerprint density at radius 3 is 2.95 bits per heavy atom. The lowest BCUT2D eigenvalue weighted by Crippen LogP contribution is -2.27. The summed E-state index contributed by atoms with van der Waals surface area (Å²) in [5.41, 5.74) is 7.38. The van der Waals surface area contributed by atoms with E-state index in [2.05, 4.69) is 6.07 Å². The van der Waals surface area contributed by atoms with Gasteiger partial charge >= 0.3 is 0 Å². The zero-order chi connectivity index (χ0) is 13.2. The molecule has 1 atom stereocenters. The number of ether oxygens (including phenoxy) is 1. The summed E-state index contributed by atoms with van der Waals surface area (Å²) in [5, 5.41) is 0. The predicted octanol–water partition coefficient (Wildman–Crippen LogP) is 1.48. The van der Waals surface area contributed by atoms with Gasteiger partial charge in [-0.25, -0.2) is 0 Å². The van der Waals surface area contributed by atoms with Gasteiger partial charge in [0.05, 0.1) is 6.61 Å². The molecule has 4 nitrogen and oxygen atoms in total. The summed E-state index contributed by atoms with van der Waals surface area (Å²) in [6.07, 6.45) is 1.81. The van der Waals surface area contributed by atoms with E-state index in [1.54, 1.807) is 10.6 Å². The van der Waals surface area contributed by atoms with Gasteiger partial charge in [0.25, 0.3) is 5.56 Å². The largest absolute Gasteiger partial charge is 0.493 e. The molecule has 0 spiro atoms. The minimum atomic E-state index is -0.00520. The molecule has 98 valence electrons. The minimum absolute atomic E-state index is 0.00520. The van der Waals surface area contributed by atoms with Crippen LogP contribution < -0.4 is 16.0 Å². The van der Waals surface area contributed by atoms with Crippen LogP contribution in [0.4, 0.5) is 0 Å². The van der Waals surface area contributed by atoms with E-state index in [0.717, 1.165) is 5.75 Å². The number of pyridine rings is 1. The number of para-hydroxylation sites is 1. The molecule has 0 fully saturated rings. The number of nitrogens with zero attached hydrogens (tertiary/aromatic N) is 1. The molecule has 0 saturated heterocycles. The number of hydrogen-bond acceptors (Lipinski definition) is 3. The first kappa shape index (κ1) is 12.0. The second kappa shape index (κ2) is 4.90. The number of benzene rings is 1. The SMILES string of the molecule is NCc1cccn(CC2COc3ccccc32)c1=O. The standard InChI is InChI=1S/C15H16N2O2/c16-8-11-4-3-7-17(15(11)18)9-12-10-19-14-6-2-1-5-13(12)14/h1-7,12H,8-10,16H2. The summed E-state index contributed by atoms with van der Waals surface area (Å²) >= 11 is 0. The quantitative estimate of drug-likeness (QED) is 0.905. The van der Waals surface area contributed by atoms with Crippen LogP contribution in [0.1, 0.15) is 17.0 Å². The number of fused-ring (bicyclic) bond motifs is 1. The van der Waals surface area contributed by atoms with Gasteiger partial charge in [-0.3, -0.25) is 4.79 Å². The summed E-state index contributed by atoms with van der Waals surface area (Å²) in [6.45, 7) is 1.53. The van der Waals surface area contributed by atoms with Crippen LogP contribution in [0.5, 0.6) is 5.75 Å². The molecular formula is C15H16N2O2. The molecular weight excluding hydrogens is 240 g/mol. The van der Waals surface area contributed by atoms with Crippen molar-refractivity contribution < 1.29 is 4.74 Å². The molecule has 2 N–H and O–H groups in total. The summed E-state index contributed by atoms with van der Waals surface area (Å²) in [5.74, 6) is 1.15. The van der Waals surface area contributed by atoms with E-state index in [1.807, 2.05) is 30.5 Å². The lowest BCUT2D eigenvalue weighted by Gasteiger charge is -2.12. The summed E-state index contributed by atoms with van der Waals surface area (Å²) < 4.78 is 7.36. The Kier molecular flexibility index (Phi) is 3.09. The first-order chi connectivity index (χ1) is 9.29. The number of aromatic nitrogens is 1. The highest BCUT2D eigenvalue weighted by molar-refractivity contribution is 5.39. The Hall–Kier alpha value is -2.07. The van der Waals surface area contributed by atoms with Crippen LogP contribution in [-0.4, -0.2) is 11.2 Å². The molecule has 1 aromatic heterocycles. The van der Waals surface area contributed by atoms with E-state index >= 15 is 0 Å². The van der Waals surface area contributed by atoms with Gasteiger partial charge in [0.1, 0.15) is 5.75 Å². The molecule has 3 rings (SSSR count). The van der Waals surface area contributed by atoms with Crippen LogP contribution in [0.2, 0.25) is 0 Å². The first-order valence-electron chi connectivity index (χ1n) is 6.39. The molecule has 2 aromatic rings. The smallest absolute Gasteiger partial charge is 0.255 e. The highest BCUT2D eigenvalue weighted by Crippen LogP contribution is 2.34. The topological polar surface area (TPSA) is 57.2 Å². The number of rotatable bonds is 3. The molecule has 0 bridgehead atoms. The number of hydrogen-bond donors (Lipinski definition) is 1. The van der Waals surface area contributed by atoms with Gasteiger partial charge in [-0.15, -0.1) is 0 Å². The minimum Gasteiger partial charge on any atom is -0.493 e. The monoisotopic (exact) mass is 256 g/mol. The molecule has 1 aliphatic heterocycles. The van der Waals surface area contributed by atoms with Gasteiger partial charge in [-0.05, 0) is 12.1 Å². The Morgan fingerprint density at radius 2 is 2.11 bits per heavy atom. The van der Waals surface area contributed by atoms with Crippen molar-refractivity contribution in [1.29, 1.82) is 0 Å². The molecule has 1 aromatic carbocycles. The Morgan fingerprint density at radius 1 is 1.26 bits per heavy atom. The maximum atomic E-state index is 12.1. The second-order valence-corrected chi connectivity index (χ2v) is 4.74. The average Bonchev–Trinajstić information content (AvgIpc) is 2.85. The molecule has 1 aliphatic rings. The molecule has 0 saturated carbocycles. The summed E-state index contributed by atoms with van der Waals surface area (Å²) in [7, 11) is 0. The van der Waals surface area contributed by atoms with Gasteiger partial charge in [-0.2, -0.15) is 0 Å². The van der Waals surface area contributed by atoms with E-state index in [4.69, 9.17) is 10.5 Å². The van der Waals surface area contributed by atoms with Crippen molar-refractivity contribution in [2.45, 2.75) is 19.0 Å². The summed E-state index contributed by atoms with van der Waals surface area (Å²) in [6, 6.07) is 11.6. The highest BCUT2D eigenvalue weighted by atomic mass is 16.5. The molecule has 2 heterocycles. The van der Waals surface area contributed by atoms with Crippen LogP contribution in [-0.2, 0) is 13.1 Å². The molecule has 0 radical (unpaired) electrons. The van der Waals surface area contributed by atoms with Crippen molar-refractivity contribution in [3.63, 3.8) is 0 Å². The predicted molar refractivity (Wildman–Crippen MR) is 73.3 cm³/mol. The fourth-order valence-electron chi connectivity index (χ4n) is 2.50. The van der Waals surface area contributed by atoms with E-state index in [0.29, 0.717) is 18.7 Å². The van der Waals surface area contributed by atoms with Crippen molar-refractivity contribution >= 4 is 0 Å². The van der Waals surface area contributed by atoms with Gasteiger partial charge in [-0.1, -0.05) is 24.3 Å². The van der Waals surface area contributed by atoms with E-state index < -0.39 is 0 Å². The lowest BCUT2D eigenvalue weighted by molar-refractivity contribution is 0.318. The first-order valence-corrected chi connectivity index (χ1v) is 6.39. The second-order valence-electron chi connectivity index (χ2n) is 4.74. The van der Waals surface area contributed by atoms with Crippen molar-refractivity contribution in [3.05, 3.63) is 64.1 Å². The molecule has 4 heteroatoms. The van der Waals surface area contributed by atoms with E-state index in [9.17, 15) is 4.79 Å². The lowest BCUT2D eigenvalue weighted by atomic mass is 10.0. The molecule has 0 amide bonds. The maximum Gasteiger partial charge on any atom is 0.255 e.